The van der Waals surface area contributed by atoms with Gasteiger partial charge in [0, 0.05) is 11.9 Å². The molecule has 2 aromatic rings. The molecule has 1 aromatic heterocycles. The minimum absolute atomic E-state index is 0.510. The van der Waals surface area contributed by atoms with Crippen LogP contribution in [-0.4, -0.2) is 13.2 Å². The molecule has 3 nitrogen and oxygen atoms in total. The number of hydrogen-bond acceptors (Lipinski definition) is 3. The summed E-state index contributed by atoms with van der Waals surface area (Å²) in [6.07, 6.45) is 1.74. The van der Waals surface area contributed by atoms with Crippen molar-refractivity contribution in [1.82, 2.24) is 0 Å². The summed E-state index contributed by atoms with van der Waals surface area (Å²) in [4.78, 5) is 0. The van der Waals surface area contributed by atoms with E-state index in [0.29, 0.717) is 13.2 Å². The molecular formula is C11H13NO2. The fourth-order valence-corrected chi connectivity index (χ4v) is 1.44. The lowest BCUT2D eigenvalue weighted by atomic mass is 10.2. The van der Waals surface area contributed by atoms with E-state index in [-0.39, 0.29) is 0 Å². The zero-order chi connectivity index (χ0) is 9.97. The molecule has 74 valence electrons. The summed E-state index contributed by atoms with van der Waals surface area (Å²) < 4.78 is 10.9. The summed E-state index contributed by atoms with van der Waals surface area (Å²) in [5, 5.41) is 1.10. The van der Waals surface area contributed by atoms with E-state index in [1.165, 1.54) is 0 Å². The molecule has 0 saturated heterocycles. The molecule has 14 heavy (non-hydrogen) atoms. The Morgan fingerprint density at radius 1 is 1.43 bits per heavy atom. The Hall–Kier alpha value is -1.48. The molecule has 1 aromatic carbocycles. The van der Waals surface area contributed by atoms with Crippen LogP contribution < -0.4 is 10.5 Å². The van der Waals surface area contributed by atoms with Gasteiger partial charge in [-0.2, -0.15) is 0 Å². The van der Waals surface area contributed by atoms with Gasteiger partial charge in [-0.05, 0) is 18.6 Å². The molecule has 2 rings (SSSR count). The number of benzene rings is 1. The van der Waals surface area contributed by atoms with Crippen molar-refractivity contribution in [2.24, 2.45) is 5.73 Å². The molecular weight excluding hydrogens is 178 g/mol. The van der Waals surface area contributed by atoms with Gasteiger partial charge < -0.3 is 14.9 Å². The first-order valence-electron chi connectivity index (χ1n) is 4.62. The van der Waals surface area contributed by atoms with E-state index < -0.39 is 0 Å². The van der Waals surface area contributed by atoms with Crippen LogP contribution in [0.1, 0.15) is 5.56 Å². The van der Waals surface area contributed by atoms with Crippen LogP contribution in [0.15, 0.2) is 28.9 Å². The van der Waals surface area contributed by atoms with Crippen LogP contribution >= 0.6 is 0 Å². The maximum atomic E-state index is 5.46. The molecule has 0 aliphatic rings. The fourth-order valence-electron chi connectivity index (χ4n) is 1.44. The number of ether oxygens (including phenoxy) is 1. The third-order valence-corrected chi connectivity index (χ3v) is 2.13. The Labute approximate surface area is 82.5 Å². The summed E-state index contributed by atoms with van der Waals surface area (Å²) in [6.45, 7) is 3.04. The van der Waals surface area contributed by atoms with Gasteiger partial charge >= 0.3 is 0 Å². The van der Waals surface area contributed by atoms with Crippen molar-refractivity contribution in [3.05, 3.63) is 30.0 Å². The number of hydrogen-bond donors (Lipinski definition) is 1. The van der Waals surface area contributed by atoms with Crippen molar-refractivity contribution in [2.45, 2.75) is 6.92 Å². The van der Waals surface area contributed by atoms with Crippen LogP contribution in [0.25, 0.3) is 11.0 Å². The van der Waals surface area contributed by atoms with Gasteiger partial charge in [0.25, 0.3) is 0 Å². The Morgan fingerprint density at radius 3 is 3.07 bits per heavy atom. The molecule has 0 amide bonds. The quantitative estimate of drug-likeness (QED) is 0.808. The first-order valence-corrected chi connectivity index (χ1v) is 4.62. The highest BCUT2D eigenvalue weighted by atomic mass is 16.5. The number of nitrogens with two attached hydrogens (primary N) is 1. The highest BCUT2D eigenvalue weighted by Crippen LogP contribution is 2.28. The standard InChI is InChI=1S/C11H13NO2/c1-8-7-14-11-9(8)3-2-4-10(11)13-6-5-12/h2-4,7H,5-6,12H2,1H3. The lowest BCUT2D eigenvalue weighted by Gasteiger charge is -2.04. The summed E-state index contributed by atoms with van der Waals surface area (Å²) in [7, 11) is 0. The number of fused-ring (bicyclic) bond motifs is 1. The van der Waals surface area contributed by atoms with Crippen LogP contribution in [0.2, 0.25) is 0 Å². The van der Waals surface area contributed by atoms with E-state index in [1.807, 2.05) is 25.1 Å². The van der Waals surface area contributed by atoms with Gasteiger partial charge in [-0.3, -0.25) is 0 Å². The normalized spacial score (nSPS) is 10.7. The van der Waals surface area contributed by atoms with Gasteiger partial charge in [0.15, 0.2) is 11.3 Å². The largest absolute Gasteiger partial charge is 0.488 e. The average Bonchev–Trinajstić information content (AvgIpc) is 2.58. The molecule has 0 saturated carbocycles. The number of aryl methyl sites for hydroxylation is 1. The molecule has 0 radical (unpaired) electrons. The number of rotatable bonds is 3. The predicted molar refractivity (Wildman–Crippen MR) is 55.5 cm³/mol. The molecule has 0 aliphatic heterocycles. The molecule has 3 heteroatoms. The molecule has 1 heterocycles. The van der Waals surface area contributed by atoms with E-state index in [2.05, 4.69) is 0 Å². The zero-order valence-corrected chi connectivity index (χ0v) is 8.12. The first-order chi connectivity index (χ1) is 6.83. The van der Waals surface area contributed by atoms with E-state index in [4.69, 9.17) is 14.9 Å². The SMILES string of the molecule is Cc1coc2c(OCCN)cccc12. The van der Waals surface area contributed by atoms with Crippen molar-refractivity contribution in [3.63, 3.8) is 0 Å². The maximum absolute atomic E-state index is 5.46. The van der Waals surface area contributed by atoms with E-state index >= 15 is 0 Å². The highest BCUT2D eigenvalue weighted by Gasteiger charge is 2.07. The molecule has 0 unspecified atom stereocenters. The van der Waals surface area contributed by atoms with Crippen molar-refractivity contribution in [2.75, 3.05) is 13.2 Å². The molecule has 2 N–H and O–H groups in total. The molecule has 0 atom stereocenters. The zero-order valence-electron chi connectivity index (χ0n) is 8.12. The summed E-state index contributed by atoms with van der Waals surface area (Å²) >= 11 is 0. The fraction of sp³-hybridized carbons (Fsp3) is 0.273. The molecule has 0 fully saturated rings. The Bertz CT molecular complexity index is 434. The van der Waals surface area contributed by atoms with E-state index in [1.54, 1.807) is 6.26 Å². The second kappa shape index (κ2) is 3.72. The van der Waals surface area contributed by atoms with Crippen molar-refractivity contribution >= 4 is 11.0 Å². The average molecular weight is 191 g/mol. The Morgan fingerprint density at radius 2 is 2.29 bits per heavy atom. The first kappa shape index (κ1) is 9.09. The minimum Gasteiger partial charge on any atom is -0.488 e. The Balaban J connectivity index is 2.44. The lowest BCUT2D eigenvalue weighted by molar-refractivity contribution is 0.327. The summed E-state index contributed by atoms with van der Waals surface area (Å²) in [5.74, 6) is 0.765. The number of para-hydroxylation sites is 1. The maximum Gasteiger partial charge on any atom is 0.175 e. The van der Waals surface area contributed by atoms with Crippen LogP contribution in [-0.2, 0) is 0 Å². The van der Waals surface area contributed by atoms with E-state index in [9.17, 15) is 0 Å². The van der Waals surface area contributed by atoms with Gasteiger partial charge in [-0.15, -0.1) is 0 Å². The smallest absolute Gasteiger partial charge is 0.175 e. The minimum atomic E-state index is 0.510. The predicted octanol–water partition coefficient (Wildman–Crippen LogP) is 2.08. The van der Waals surface area contributed by atoms with Crippen molar-refractivity contribution < 1.29 is 9.15 Å². The van der Waals surface area contributed by atoms with Gasteiger partial charge in [-0.1, -0.05) is 12.1 Å². The summed E-state index contributed by atoms with van der Waals surface area (Å²) in [6, 6.07) is 5.86. The molecule has 0 bridgehead atoms. The van der Waals surface area contributed by atoms with E-state index in [0.717, 1.165) is 22.3 Å². The third-order valence-electron chi connectivity index (χ3n) is 2.13. The van der Waals surface area contributed by atoms with Crippen LogP contribution in [0.3, 0.4) is 0 Å². The van der Waals surface area contributed by atoms with Gasteiger partial charge in [0.2, 0.25) is 0 Å². The summed E-state index contributed by atoms with van der Waals surface area (Å²) in [5.41, 5.74) is 7.30. The van der Waals surface area contributed by atoms with Gasteiger partial charge in [0.1, 0.15) is 6.61 Å². The second-order valence-electron chi connectivity index (χ2n) is 3.19. The van der Waals surface area contributed by atoms with Crippen LogP contribution in [0.4, 0.5) is 0 Å². The van der Waals surface area contributed by atoms with Crippen LogP contribution in [0.5, 0.6) is 5.75 Å². The van der Waals surface area contributed by atoms with Crippen LogP contribution in [0, 0.1) is 6.92 Å². The lowest BCUT2D eigenvalue weighted by Crippen LogP contribution is -2.10. The van der Waals surface area contributed by atoms with Gasteiger partial charge in [0.05, 0.1) is 6.26 Å². The number of furan rings is 1. The van der Waals surface area contributed by atoms with Crippen molar-refractivity contribution in [1.29, 1.82) is 0 Å². The highest BCUT2D eigenvalue weighted by molar-refractivity contribution is 5.85. The van der Waals surface area contributed by atoms with Crippen molar-refractivity contribution in [3.8, 4) is 5.75 Å². The molecule has 0 spiro atoms. The Kier molecular flexibility index (Phi) is 2.41. The second-order valence-corrected chi connectivity index (χ2v) is 3.19. The van der Waals surface area contributed by atoms with Gasteiger partial charge in [-0.25, -0.2) is 0 Å². The topological polar surface area (TPSA) is 48.4 Å². The third kappa shape index (κ3) is 1.46. The monoisotopic (exact) mass is 191 g/mol. The molecule has 0 aliphatic carbocycles.